The van der Waals surface area contributed by atoms with Crippen molar-refractivity contribution in [3.05, 3.63) is 71.3 Å². The summed E-state index contributed by atoms with van der Waals surface area (Å²) in [6.07, 6.45) is 0. The number of nitrogens with two attached hydrogens (primary N) is 1. The summed E-state index contributed by atoms with van der Waals surface area (Å²) in [5.74, 6) is -0.00516. The predicted octanol–water partition coefficient (Wildman–Crippen LogP) is 2.59. The van der Waals surface area contributed by atoms with Crippen LogP contribution >= 0.6 is 0 Å². The minimum absolute atomic E-state index is 0.247. The van der Waals surface area contributed by atoms with Gasteiger partial charge >= 0.3 is 5.97 Å². The highest BCUT2D eigenvalue weighted by molar-refractivity contribution is 5.97. The Morgan fingerprint density at radius 3 is 2.27 bits per heavy atom. The van der Waals surface area contributed by atoms with E-state index in [0.29, 0.717) is 12.4 Å². The molecule has 114 valence electrons. The molecule has 0 bridgehead atoms. The minimum atomic E-state index is -0.306. The van der Waals surface area contributed by atoms with E-state index in [2.05, 4.69) is 5.16 Å². The van der Waals surface area contributed by atoms with E-state index in [-0.39, 0.29) is 12.6 Å². The number of benzene rings is 2. The van der Waals surface area contributed by atoms with Crippen LogP contribution in [-0.4, -0.2) is 11.8 Å². The van der Waals surface area contributed by atoms with Crippen molar-refractivity contribution in [3.8, 4) is 0 Å². The van der Waals surface area contributed by atoms with Gasteiger partial charge in [-0.1, -0.05) is 59.8 Å². The van der Waals surface area contributed by atoms with Crippen molar-refractivity contribution >= 4 is 11.8 Å². The van der Waals surface area contributed by atoms with Crippen LogP contribution in [0.15, 0.2) is 59.8 Å². The van der Waals surface area contributed by atoms with Crippen LogP contribution in [0.1, 0.15) is 23.6 Å². The highest BCUT2D eigenvalue weighted by Gasteiger charge is 2.01. The molecule has 0 aliphatic heterocycles. The second-order valence-electron chi connectivity index (χ2n) is 4.71. The maximum Gasteiger partial charge on any atom is 0.302 e. The van der Waals surface area contributed by atoms with Crippen LogP contribution in [0.5, 0.6) is 0 Å². The largest absolute Gasteiger partial charge is 0.461 e. The summed E-state index contributed by atoms with van der Waals surface area (Å²) in [5.41, 5.74) is 8.53. The van der Waals surface area contributed by atoms with Crippen LogP contribution in [-0.2, 0) is 27.6 Å². The van der Waals surface area contributed by atoms with Crippen LogP contribution in [0.4, 0.5) is 0 Å². The van der Waals surface area contributed by atoms with Crippen LogP contribution in [0, 0.1) is 0 Å². The normalized spacial score (nSPS) is 11.0. The average Bonchev–Trinajstić information content (AvgIpc) is 2.54. The van der Waals surface area contributed by atoms with Crippen molar-refractivity contribution in [2.75, 3.05) is 0 Å². The van der Waals surface area contributed by atoms with Crippen molar-refractivity contribution in [3.63, 3.8) is 0 Å². The van der Waals surface area contributed by atoms with Gasteiger partial charge in [0.25, 0.3) is 0 Å². The smallest absolute Gasteiger partial charge is 0.302 e. The summed E-state index contributed by atoms with van der Waals surface area (Å²) in [6, 6.07) is 17.0. The fourth-order valence-corrected chi connectivity index (χ4v) is 1.76. The van der Waals surface area contributed by atoms with Gasteiger partial charge in [-0.25, -0.2) is 0 Å². The molecule has 0 spiro atoms. The molecule has 0 aromatic heterocycles. The highest BCUT2D eigenvalue weighted by Crippen LogP contribution is 2.07. The molecule has 0 atom stereocenters. The lowest BCUT2D eigenvalue weighted by molar-refractivity contribution is -0.142. The molecule has 2 N–H and O–H groups in total. The fourth-order valence-electron chi connectivity index (χ4n) is 1.76. The zero-order valence-corrected chi connectivity index (χ0v) is 12.4. The first-order chi connectivity index (χ1) is 10.6. The lowest BCUT2D eigenvalue weighted by Crippen LogP contribution is -2.14. The molecule has 5 heteroatoms. The van der Waals surface area contributed by atoms with E-state index in [0.717, 1.165) is 16.7 Å². The Hall–Kier alpha value is -2.82. The first-order valence-corrected chi connectivity index (χ1v) is 6.87. The topological polar surface area (TPSA) is 73.9 Å². The number of oxime groups is 1. The van der Waals surface area contributed by atoms with Crippen LogP contribution in [0.3, 0.4) is 0 Å². The van der Waals surface area contributed by atoms with Gasteiger partial charge in [0.05, 0.1) is 0 Å². The first kappa shape index (κ1) is 15.6. The Kier molecular flexibility index (Phi) is 5.54. The number of carbonyl (C=O) groups excluding carboxylic acids is 1. The second-order valence-corrected chi connectivity index (χ2v) is 4.71. The van der Waals surface area contributed by atoms with Gasteiger partial charge in [0.1, 0.15) is 13.2 Å². The maximum absolute atomic E-state index is 10.7. The van der Waals surface area contributed by atoms with Gasteiger partial charge in [0.2, 0.25) is 0 Å². The molecule has 0 amide bonds. The van der Waals surface area contributed by atoms with Crippen molar-refractivity contribution in [2.45, 2.75) is 20.1 Å². The van der Waals surface area contributed by atoms with Gasteiger partial charge < -0.3 is 15.3 Å². The molecule has 0 fully saturated rings. The third kappa shape index (κ3) is 4.94. The number of carbonyl (C=O) groups is 1. The standard InChI is InChI=1S/C17H18N2O3/c1-13(20)21-11-15-7-9-16(10-8-15)17(18)19-22-12-14-5-3-2-4-6-14/h2-10H,11-12H2,1H3,(H2,18,19). The summed E-state index contributed by atoms with van der Waals surface area (Å²) >= 11 is 0. The number of hydrogen-bond donors (Lipinski definition) is 1. The molecular weight excluding hydrogens is 280 g/mol. The van der Waals surface area contributed by atoms with E-state index >= 15 is 0 Å². The molecule has 0 saturated heterocycles. The van der Waals surface area contributed by atoms with Gasteiger partial charge in [-0.15, -0.1) is 0 Å². The molecular formula is C17H18N2O3. The van der Waals surface area contributed by atoms with E-state index in [1.54, 1.807) is 0 Å². The van der Waals surface area contributed by atoms with Crippen LogP contribution in [0.25, 0.3) is 0 Å². The summed E-state index contributed by atoms with van der Waals surface area (Å²) in [7, 11) is 0. The number of amidine groups is 1. The Bertz CT molecular complexity index is 637. The summed E-state index contributed by atoms with van der Waals surface area (Å²) in [5, 5.41) is 3.90. The van der Waals surface area contributed by atoms with Gasteiger partial charge in [0, 0.05) is 12.5 Å². The molecule has 2 aromatic rings. The lowest BCUT2D eigenvalue weighted by Gasteiger charge is -2.05. The van der Waals surface area contributed by atoms with Gasteiger partial charge in [-0.3, -0.25) is 4.79 Å². The number of hydrogen-bond acceptors (Lipinski definition) is 4. The molecule has 0 radical (unpaired) electrons. The molecule has 0 aliphatic carbocycles. The second kappa shape index (κ2) is 7.83. The van der Waals surface area contributed by atoms with Crippen LogP contribution < -0.4 is 5.73 Å². The molecule has 5 nitrogen and oxygen atoms in total. The maximum atomic E-state index is 10.7. The first-order valence-electron chi connectivity index (χ1n) is 6.87. The monoisotopic (exact) mass is 298 g/mol. The van der Waals surface area contributed by atoms with E-state index in [4.69, 9.17) is 15.3 Å². The Morgan fingerprint density at radius 1 is 1.00 bits per heavy atom. The lowest BCUT2D eigenvalue weighted by atomic mass is 10.1. The van der Waals surface area contributed by atoms with Gasteiger partial charge in [0.15, 0.2) is 5.84 Å². The third-order valence-electron chi connectivity index (χ3n) is 2.93. The summed E-state index contributed by atoms with van der Waals surface area (Å²) < 4.78 is 4.92. The van der Waals surface area contributed by atoms with E-state index in [1.165, 1.54) is 6.92 Å². The van der Waals surface area contributed by atoms with E-state index in [9.17, 15) is 4.79 Å². The number of esters is 1. The number of nitrogens with zero attached hydrogens (tertiary/aromatic N) is 1. The molecule has 0 unspecified atom stereocenters. The zero-order valence-electron chi connectivity index (χ0n) is 12.4. The van der Waals surface area contributed by atoms with Gasteiger partial charge in [-0.05, 0) is 11.1 Å². The predicted molar refractivity (Wildman–Crippen MR) is 83.9 cm³/mol. The van der Waals surface area contributed by atoms with Crippen molar-refractivity contribution in [2.24, 2.45) is 10.9 Å². The number of ether oxygens (including phenoxy) is 1. The molecule has 0 heterocycles. The zero-order chi connectivity index (χ0) is 15.8. The Balaban J connectivity index is 1.90. The average molecular weight is 298 g/mol. The number of rotatable bonds is 6. The van der Waals surface area contributed by atoms with Gasteiger partial charge in [-0.2, -0.15) is 0 Å². The Labute approximate surface area is 129 Å². The quantitative estimate of drug-likeness (QED) is 0.385. The third-order valence-corrected chi connectivity index (χ3v) is 2.93. The minimum Gasteiger partial charge on any atom is -0.461 e. The molecule has 0 aliphatic rings. The molecule has 22 heavy (non-hydrogen) atoms. The fraction of sp³-hybridized carbons (Fsp3) is 0.176. The SMILES string of the molecule is CC(=O)OCc1ccc(/C(N)=N\OCc2ccccc2)cc1. The summed E-state index contributed by atoms with van der Waals surface area (Å²) in [6.45, 7) is 1.99. The van der Waals surface area contributed by atoms with Crippen molar-refractivity contribution in [1.29, 1.82) is 0 Å². The van der Waals surface area contributed by atoms with E-state index < -0.39 is 0 Å². The highest BCUT2D eigenvalue weighted by atomic mass is 16.6. The molecule has 0 saturated carbocycles. The van der Waals surface area contributed by atoms with Crippen molar-refractivity contribution in [1.82, 2.24) is 0 Å². The van der Waals surface area contributed by atoms with Crippen molar-refractivity contribution < 1.29 is 14.4 Å². The molecule has 2 aromatic carbocycles. The van der Waals surface area contributed by atoms with Crippen LogP contribution in [0.2, 0.25) is 0 Å². The Morgan fingerprint density at radius 2 is 1.64 bits per heavy atom. The summed E-state index contributed by atoms with van der Waals surface area (Å²) in [4.78, 5) is 16.0. The van der Waals surface area contributed by atoms with E-state index in [1.807, 2.05) is 54.6 Å². The molecule has 2 rings (SSSR count).